The molecule has 9 rings (SSSR count). The molecule has 0 bridgehead atoms. The number of rotatable bonds is 11. The van der Waals surface area contributed by atoms with E-state index >= 15 is 9.59 Å². The summed E-state index contributed by atoms with van der Waals surface area (Å²) in [6, 6.07) is 26.0. The second kappa shape index (κ2) is 17.8. The largest absolute Gasteiger partial charge is 0.496 e. The molecule has 2 aromatic heterocycles. The normalized spacial score (nSPS) is 18.0. The van der Waals surface area contributed by atoms with Crippen molar-refractivity contribution in [1.82, 2.24) is 24.1 Å². The lowest BCUT2D eigenvalue weighted by Crippen LogP contribution is -2.52. The zero-order valence-electron chi connectivity index (χ0n) is 36.3. The second-order valence-corrected chi connectivity index (χ2v) is 16.8. The Balaban J connectivity index is 1.12. The van der Waals surface area contributed by atoms with Gasteiger partial charge in [0, 0.05) is 91.6 Å². The number of morpholine rings is 1. The lowest BCUT2D eigenvalue weighted by Gasteiger charge is -2.40. The summed E-state index contributed by atoms with van der Waals surface area (Å²) in [7, 11) is 3.46. The van der Waals surface area contributed by atoms with Crippen molar-refractivity contribution >= 4 is 34.1 Å². The quantitative estimate of drug-likeness (QED) is 0.0938. The second-order valence-electron chi connectivity index (χ2n) is 16.8. The summed E-state index contributed by atoms with van der Waals surface area (Å²) in [4.78, 5) is 48.3. The summed E-state index contributed by atoms with van der Waals surface area (Å²) in [5.74, 6) is 0.224. The van der Waals surface area contributed by atoms with E-state index in [1.165, 1.54) is 17.7 Å². The summed E-state index contributed by atoms with van der Waals surface area (Å²) in [5, 5.41) is 18.0. The minimum absolute atomic E-state index is 0.132. The van der Waals surface area contributed by atoms with Gasteiger partial charge in [0.1, 0.15) is 5.75 Å². The van der Waals surface area contributed by atoms with Crippen LogP contribution in [0.3, 0.4) is 0 Å². The summed E-state index contributed by atoms with van der Waals surface area (Å²) in [5.41, 5.74) is 7.77. The Morgan fingerprint density at radius 2 is 1.75 bits per heavy atom. The first-order valence-electron chi connectivity index (χ1n) is 21.8. The molecule has 0 aliphatic carbocycles. The van der Waals surface area contributed by atoms with E-state index in [0.29, 0.717) is 78.8 Å². The molecule has 0 radical (unpaired) electrons. The van der Waals surface area contributed by atoms with Gasteiger partial charge in [0.25, 0.3) is 17.5 Å². The van der Waals surface area contributed by atoms with Crippen LogP contribution in [0.2, 0.25) is 0 Å². The molecule has 2 saturated heterocycles. The van der Waals surface area contributed by atoms with Gasteiger partial charge in [-0.25, -0.2) is 4.68 Å². The van der Waals surface area contributed by atoms with E-state index in [0.717, 1.165) is 59.9 Å². The maximum absolute atomic E-state index is 15.3. The molecular weight excluding hydrogens is 799 g/mol. The fourth-order valence-electron chi connectivity index (χ4n) is 9.43. The van der Waals surface area contributed by atoms with Crippen molar-refractivity contribution < 1.29 is 28.7 Å². The maximum Gasteiger partial charge on any atom is 0.270 e. The Morgan fingerprint density at radius 3 is 2.51 bits per heavy atom. The average Bonchev–Trinajstić information content (AvgIpc) is 3.87. The molecule has 2 atom stereocenters. The van der Waals surface area contributed by atoms with Gasteiger partial charge in [-0.3, -0.25) is 24.6 Å². The van der Waals surface area contributed by atoms with E-state index in [-0.39, 0.29) is 36.3 Å². The Kier molecular flexibility index (Phi) is 11.9. The minimum Gasteiger partial charge on any atom is -0.496 e. The Labute approximate surface area is 366 Å². The molecule has 14 nitrogen and oxygen atoms in total. The van der Waals surface area contributed by atoms with Crippen LogP contribution in [-0.2, 0) is 36.0 Å². The number of ether oxygens (including phenoxy) is 3. The number of non-ortho nitro benzene ring substituents is 1. The first-order valence-corrected chi connectivity index (χ1v) is 21.8. The molecule has 3 aliphatic heterocycles. The molecule has 6 aromatic rings. The number of carbonyl (C=O) groups is 2. The van der Waals surface area contributed by atoms with Gasteiger partial charge in [-0.15, -0.1) is 0 Å². The molecule has 2 amide bonds. The van der Waals surface area contributed by atoms with Gasteiger partial charge in [0.05, 0.1) is 49.1 Å². The highest BCUT2D eigenvalue weighted by Crippen LogP contribution is 2.37. The molecule has 326 valence electrons. The van der Waals surface area contributed by atoms with Crippen molar-refractivity contribution in [2.45, 2.75) is 64.9 Å². The number of amides is 2. The third-order valence-corrected chi connectivity index (χ3v) is 13.2. The van der Waals surface area contributed by atoms with Crippen LogP contribution < -0.4 is 9.64 Å². The minimum atomic E-state index is -0.449. The van der Waals surface area contributed by atoms with Crippen LogP contribution in [0.5, 0.6) is 5.75 Å². The summed E-state index contributed by atoms with van der Waals surface area (Å²) in [6.07, 6.45) is 5.22. The van der Waals surface area contributed by atoms with Crippen LogP contribution in [0.25, 0.3) is 22.2 Å². The standard InChI is InChI=1S/C49H53N7O7/c1-32-36(12-9-13-46(32)61-4)29-53(38-16-15-35-28-50-55(44(35)26-38)47-14-7-8-21-63-47)49(58)42-27-45(51(3)33(42)2)43-25-39(56(59)60)17-18-41(43)48(57)54-30-37-11-6-5-10-34(37)24-40(54)31-52-19-22-62-23-20-52/h5-6,9-13,15-18,25-28,40,47H,7-8,14,19-24,29-31H2,1-4H3/t40-,47?/m0/s1. The fourth-order valence-corrected chi connectivity index (χ4v) is 9.43. The average molecular weight is 852 g/mol. The number of hydrogen-bond acceptors (Lipinski definition) is 9. The van der Waals surface area contributed by atoms with Crippen molar-refractivity contribution in [3.63, 3.8) is 0 Å². The van der Waals surface area contributed by atoms with E-state index in [2.05, 4.69) is 17.0 Å². The molecule has 3 aliphatic rings. The third-order valence-electron chi connectivity index (χ3n) is 13.2. The molecule has 0 spiro atoms. The number of anilines is 1. The number of nitro groups is 1. The zero-order valence-corrected chi connectivity index (χ0v) is 36.3. The number of methoxy groups -OCH3 is 1. The van der Waals surface area contributed by atoms with Crippen LogP contribution >= 0.6 is 0 Å². The van der Waals surface area contributed by atoms with Gasteiger partial charge in [0.2, 0.25) is 0 Å². The number of nitrogens with zero attached hydrogens (tertiary/aromatic N) is 7. The van der Waals surface area contributed by atoms with Gasteiger partial charge in [-0.1, -0.05) is 36.4 Å². The number of benzene rings is 4. The zero-order chi connectivity index (χ0) is 43.8. The molecule has 63 heavy (non-hydrogen) atoms. The fraction of sp³-hybridized carbons (Fsp3) is 0.367. The van der Waals surface area contributed by atoms with Gasteiger partial charge in [-0.2, -0.15) is 5.10 Å². The topological polar surface area (TPSA) is 137 Å². The van der Waals surface area contributed by atoms with E-state index < -0.39 is 4.92 Å². The van der Waals surface area contributed by atoms with E-state index in [4.69, 9.17) is 19.3 Å². The highest BCUT2D eigenvalue weighted by molar-refractivity contribution is 6.09. The van der Waals surface area contributed by atoms with Crippen LogP contribution in [0, 0.1) is 24.0 Å². The molecule has 2 fully saturated rings. The van der Waals surface area contributed by atoms with Crippen molar-refractivity contribution in [1.29, 1.82) is 0 Å². The number of fused-ring (bicyclic) bond motifs is 2. The number of aromatic nitrogens is 3. The summed E-state index contributed by atoms with van der Waals surface area (Å²) in [6.45, 7) is 8.67. The van der Waals surface area contributed by atoms with Crippen molar-refractivity contribution in [3.8, 4) is 17.0 Å². The van der Waals surface area contributed by atoms with Gasteiger partial charge in [0.15, 0.2) is 6.23 Å². The van der Waals surface area contributed by atoms with Crippen LogP contribution in [0.15, 0.2) is 91.1 Å². The SMILES string of the molecule is COc1cccc(CN(C(=O)c2cc(-c3cc([N+](=O)[O-])ccc3C(=O)N3Cc4ccccc4C[C@H]3CN3CCOCC3)n(C)c2C)c2ccc3cnn(C4CCCCO4)c3c2)c1C. The number of nitro benzene ring substituents is 1. The lowest BCUT2D eigenvalue weighted by atomic mass is 9.92. The molecule has 14 heteroatoms. The predicted octanol–water partition coefficient (Wildman–Crippen LogP) is 8.02. The Bertz CT molecular complexity index is 2690. The Hall–Kier alpha value is -6.35. The first-order chi connectivity index (χ1) is 30.6. The molecule has 0 saturated carbocycles. The number of hydrogen-bond donors (Lipinski definition) is 0. The number of carbonyl (C=O) groups excluding carboxylic acids is 2. The molecule has 1 unspecified atom stereocenters. The van der Waals surface area contributed by atoms with E-state index in [1.54, 1.807) is 24.1 Å². The molecular formula is C49H53N7O7. The highest BCUT2D eigenvalue weighted by atomic mass is 16.6. The Morgan fingerprint density at radius 1 is 0.937 bits per heavy atom. The highest BCUT2D eigenvalue weighted by Gasteiger charge is 2.35. The lowest BCUT2D eigenvalue weighted by molar-refractivity contribution is -0.384. The molecule has 4 aromatic carbocycles. The van der Waals surface area contributed by atoms with Gasteiger partial charge in [-0.05, 0) is 98.2 Å². The predicted molar refractivity (Wildman–Crippen MR) is 240 cm³/mol. The maximum atomic E-state index is 15.3. The van der Waals surface area contributed by atoms with E-state index in [9.17, 15) is 10.1 Å². The molecule has 0 N–H and O–H groups in total. The first kappa shape index (κ1) is 42.0. The van der Waals surface area contributed by atoms with Crippen LogP contribution in [0.1, 0.15) is 74.2 Å². The van der Waals surface area contributed by atoms with Gasteiger partial charge >= 0.3 is 0 Å². The van der Waals surface area contributed by atoms with Crippen LogP contribution in [0.4, 0.5) is 11.4 Å². The van der Waals surface area contributed by atoms with Crippen molar-refractivity contribution in [3.05, 3.63) is 140 Å². The monoisotopic (exact) mass is 851 g/mol. The van der Waals surface area contributed by atoms with Crippen LogP contribution in [-0.4, -0.2) is 93.5 Å². The third kappa shape index (κ3) is 8.21. The van der Waals surface area contributed by atoms with Crippen molar-refractivity contribution in [2.24, 2.45) is 7.05 Å². The molecule has 5 heterocycles. The smallest absolute Gasteiger partial charge is 0.270 e. The van der Waals surface area contributed by atoms with E-state index in [1.807, 2.05) is 89.8 Å². The summed E-state index contributed by atoms with van der Waals surface area (Å²) >= 11 is 0. The van der Waals surface area contributed by atoms with Gasteiger partial charge < -0.3 is 28.6 Å². The summed E-state index contributed by atoms with van der Waals surface area (Å²) < 4.78 is 21.2. The van der Waals surface area contributed by atoms with Crippen molar-refractivity contribution in [2.75, 3.05) is 51.5 Å².